The van der Waals surface area contributed by atoms with E-state index in [0.717, 1.165) is 38.9 Å². The van der Waals surface area contributed by atoms with Gasteiger partial charge in [0.15, 0.2) is 6.29 Å². The maximum absolute atomic E-state index is 6.01. The maximum atomic E-state index is 6.01. The molecule has 0 rings (SSSR count). The Balaban J connectivity index is 4.00. The first-order valence-corrected chi connectivity index (χ1v) is 11.3. The molecule has 0 spiro atoms. The first-order chi connectivity index (χ1) is 13.8. The normalized spacial score (nSPS) is 12.8. The molecule has 0 aliphatic carbocycles. The van der Waals surface area contributed by atoms with E-state index in [1.54, 1.807) is 0 Å². The number of rotatable bonds is 23. The van der Waals surface area contributed by atoms with Gasteiger partial charge in [0.1, 0.15) is 0 Å². The Labute approximate surface area is 173 Å². The summed E-state index contributed by atoms with van der Waals surface area (Å²) >= 11 is 0. The molecule has 0 aliphatic heterocycles. The van der Waals surface area contributed by atoms with Crippen LogP contribution in [0.3, 0.4) is 0 Å². The standard InChI is InChI=1S/C22H46O6/c1-5-9-10-21(8-4)22(27-19-17-25-15-13-23-11-6-2)28-20-18-26-16-14-24-12-7-3/h21-22H,5-20H2,1-4H3. The van der Waals surface area contributed by atoms with Gasteiger partial charge in [-0.25, -0.2) is 0 Å². The summed E-state index contributed by atoms with van der Waals surface area (Å²) in [6.07, 6.45) is 6.42. The minimum absolute atomic E-state index is 0.198. The van der Waals surface area contributed by atoms with Gasteiger partial charge in [-0.2, -0.15) is 0 Å². The van der Waals surface area contributed by atoms with Gasteiger partial charge >= 0.3 is 0 Å². The van der Waals surface area contributed by atoms with E-state index in [2.05, 4.69) is 27.7 Å². The highest BCUT2D eigenvalue weighted by Crippen LogP contribution is 2.20. The van der Waals surface area contributed by atoms with Crippen molar-refractivity contribution in [3.63, 3.8) is 0 Å². The second kappa shape index (κ2) is 23.0. The number of hydrogen-bond donors (Lipinski definition) is 0. The molecule has 1 unspecified atom stereocenters. The van der Waals surface area contributed by atoms with Crippen molar-refractivity contribution in [3.05, 3.63) is 0 Å². The van der Waals surface area contributed by atoms with Gasteiger partial charge in [0.25, 0.3) is 0 Å². The van der Waals surface area contributed by atoms with E-state index in [9.17, 15) is 0 Å². The van der Waals surface area contributed by atoms with E-state index >= 15 is 0 Å². The molecule has 0 radical (unpaired) electrons. The van der Waals surface area contributed by atoms with Gasteiger partial charge in [-0.15, -0.1) is 0 Å². The first kappa shape index (κ1) is 27.8. The van der Waals surface area contributed by atoms with Crippen LogP contribution in [0.25, 0.3) is 0 Å². The maximum Gasteiger partial charge on any atom is 0.160 e. The van der Waals surface area contributed by atoms with Crippen LogP contribution < -0.4 is 0 Å². The van der Waals surface area contributed by atoms with E-state index in [0.29, 0.717) is 58.8 Å². The molecular formula is C22H46O6. The van der Waals surface area contributed by atoms with Gasteiger partial charge < -0.3 is 28.4 Å². The van der Waals surface area contributed by atoms with Crippen LogP contribution in [0, 0.1) is 5.92 Å². The molecule has 0 saturated carbocycles. The molecule has 0 fully saturated rings. The van der Waals surface area contributed by atoms with Crippen LogP contribution >= 0.6 is 0 Å². The van der Waals surface area contributed by atoms with Crippen molar-refractivity contribution in [1.29, 1.82) is 0 Å². The Bertz CT molecular complexity index is 270. The fourth-order valence-corrected chi connectivity index (χ4v) is 2.70. The molecule has 0 aromatic carbocycles. The van der Waals surface area contributed by atoms with Crippen LogP contribution in [0.15, 0.2) is 0 Å². The van der Waals surface area contributed by atoms with E-state index in [1.807, 2.05) is 0 Å². The Hall–Kier alpha value is -0.240. The van der Waals surface area contributed by atoms with Crippen LogP contribution in [0.1, 0.15) is 66.2 Å². The Morgan fingerprint density at radius 3 is 1.32 bits per heavy atom. The van der Waals surface area contributed by atoms with Crippen LogP contribution in [-0.4, -0.2) is 72.4 Å². The molecule has 6 nitrogen and oxygen atoms in total. The van der Waals surface area contributed by atoms with Gasteiger partial charge in [0.2, 0.25) is 0 Å². The van der Waals surface area contributed by atoms with Gasteiger partial charge in [0.05, 0.1) is 52.9 Å². The van der Waals surface area contributed by atoms with Crippen molar-refractivity contribution in [2.24, 2.45) is 5.92 Å². The predicted octanol–water partition coefficient (Wildman–Crippen LogP) is 4.45. The van der Waals surface area contributed by atoms with E-state index in [-0.39, 0.29) is 6.29 Å². The average Bonchev–Trinajstić information content (AvgIpc) is 2.71. The molecule has 0 N–H and O–H groups in total. The zero-order valence-electron chi connectivity index (χ0n) is 18.9. The summed E-state index contributed by atoms with van der Waals surface area (Å²) in [5.41, 5.74) is 0. The Morgan fingerprint density at radius 2 is 0.929 bits per heavy atom. The van der Waals surface area contributed by atoms with Gasteiger partial charge in [-0.3, -0.25) is 0 Å². The summed E-state index contributed by atoms with van der Waals surface area (Å²) in [7, 11) is 0. The Morgan fingerprint density at radius 1 is 0.500 bits per heavy atom. The topological polar surface area (TPSA) is 55.4 Å². The summed E-state index contributed by atoms with van der Waals surface area (Å²) in [5.74, 6) is 0.403. The minimum atomic E-state index is -0.198. The molecular weight excluding hydrogens is 360 g/mol. The fourth-order valence-electron chi connectivity index (χ4n) is 2.70. The number of hydrogen-bond acceptors (Lipinski definition) is 6. The van der Waals surface area contributed by atoms with Crippen molar-refractivity contribution in [2.75, 3.05) is 66.1 Å². The molecule has 28 heavy (non-hydrogen) atoms. The largest absolute Gasteiger partial charge is 0.379 e. The van der Waals surface area contributed by atoms with Gasteiger partial charge in [-0.05, 0) is 25.7 Å². The van der Waals surface area contributed by atoms with Gasteiger partial charge in [0, 0.05) is 19.1 Å². The molecule has 170 valence electrons. The third kappa shape index (κ3) is 17.8. The van der Waals surface area contributed by atoms with E-state index in [1.165, 1.54) is 12.8 Å². The lowest BCUT2D eigenvalue weighted by Gasteiger charge is -2.26. The Kier molecular flexibility index (Phi) is 22.8. The molecule has 0 aliphatic rings. The lowest BCUT2D eigenvalue weighted by Crippen LogP contribution is -2.30. The van der Waals surface area contributed by atoms with Crippen molar-refractivity contribution in [2.45, 2.75) is 72.5 Å². The second-order valence-corrected chi connectivity index (χ2v) is 6.87. The van der Waals surface area contributed by atoms with Crippen LogP contribution in [0.2, 0.25) is 0 Å². The first-order valence-electron chi connectivity index (χ1n) is 11.3. The quantitative estimate of drug-likeness (QED) is 0.185. The van der Waals surface area contributed by atoms with E-state index in [4.69, 9.17) is 28.4 Å². The summed E-state index contributed by atoms with van der Waals surface area (Å²) in [6.45, 7) is 14.9. The summed E-state index contributed by atoms with van der Waals surface area (Å²) in [4.78, 5) is 0. The molecule has 0 amide bonds. The highest BCUT2D eigenvalue weighted by molar-refractivity contribution is 4.62. The highest BCUT2D eigenvalue weighted by Gasteiger charge is 2.21. The highest BCUT2D eigenvalue weighted by atomic mass is 16.7. The molecule has 1 atom stereocenters. The molecule has 0 bridgehead atoms. The summed E-state index contributed by atoms with van der Waals surface area (Å²) in [5, 5.41) is 0. The van der Waals surface area contributed by atoms with Crippen LogP contribution in [-0.2, 0) is 28.4 Å². The zero-order valence-corrected chi connectivity index (χ0v) is 18.9. The smallest absolute Gasteiger partial charge is 0.160 e. The molecule has 0 aromatic rings. The molecule has 6 heteroatoms. The lowest BCUT2D eigenvalue weighted by molar-refractivity contribution is -0.187. The number of unbranched alkanes of at least 4 members (excludes halogenated alkanes) is 1. The molecule has 0 heterocycles. The third-order valence-electron chi connectivity index (χ3n) is 4.30. The lowest BCUT2D eigenvalue weighted by atomic mass is 9.99. The van der Waals surface area contributed by atoms with Crippen LogP contribution in [0.4, 0.5) is 0 Å². The third-order valence-corrected chi connectivity index (χ3v) is 4.30. The van der Waals surface area contributed by atoms with Crippen LogP contribution in [0.5, 0.6) is 0 Å². The fraction of sp³-hybridized carbons (Fsp3) is 1.00. The minimum Gasteiger partial charge on any atom is -0.379 e. The van der Waals surface area contributed by atoms with Crippen molar-refractivity contribution >= 4 is 0 Å². The monoisotopic (exact) mass is 406 g/mol. The average molecular weight is 407 g/mol. The predicted molar refractivity (Wildman–Crippen MR) is 113 cm³/mol. The van der Waals surface area contributed by atoms with E-state index < -0.39 is 0 Å². The SMILES string of the molecule is CCCCC(CC)C(OCCOCCOCCC)OCCOCCOCCC. The zero-order chi connectivity index (χ0) is 20.7. The molecule has 0 saturated heterocycles. The second-order valence-electron chi connectivity index (χ2n) is 6.87. The summed E-state index contributed by atoms with van der Waals surface area (Å²) in [6, 6.07) is 0. The number of ether oxygens (including phenoxy) is 6. The van der Waals surface area contributed by atoms with Gasteiger partial charge in [-0.1, -0.05) is 40.5 Å². The molecule has 0 aromatic heterocycles. The van der Waals surface area contributed by atoms with Crippen molar-refractivity contribution in [3.8, 4) is 0 Å². The van der Waals surface area contributed by atoms with Crippen molar-refractivity contribution in [1.82, 2.24) is 0 Å². The van der Waals surface area contributed by atoms with Crippen molar-refractivity contribution < 1.29 is 28.4 Å². The summed E-state index contributed by atoms with van der Waals surface area (Å²) < 4.78 is 34.0.